The molecule has 140 valence electrons. The van der Waals surface area contributed by atoms with Crippen LogP contribution in [0.15, 0.2) is 48.5 Å². The molecule has 0 atom stereocenters. The monoisotopic (exact) mass is 395 g/mol. The van der Waals surface area contributed by atoms with Gasteiger partial charge in [0, 0.05) is 18.1 Å². The molecule has 0 spiro atoms. The maximum atomic E-state index is 11.8. The Balaban J connectivity index is 1.72. The highest BCUT2D eigenvalue weighted by atomic mass is 35.5. The minimum atomic E-state index is -3.28. The smallest absolute Gasteiger partial charge is 0.315 e. The highest BCUT2D eigenvalue weighted by Crippen LogP contribution is 2.10. The first-order chi connectivity index (χ1) is 12.4. The molecule has 2 aromatic rings. The van der Waals surface area contributed by atoms with E-state index < -0.39 is 10.0 Å². The zero-order valence-electron chi connectivity index (χ0n) is 14.5. The molecule has 0 saturated heterocycles. The number of nitrogens with one attached hydrogen (secondary N) is 3. The maximum absolute atomic E-state index is 11.8. The Hall–Kier alpha value is -2.09. The summed E-state index contributed by atoms with van der Waals surface area (Å²) in [6.07, 6.45) is 0.721. The van der Waals surface area contributed by atoms with E-state index in [0.717, 1.165) is 17.5 Å². The zero-order chi connectivity index (χ0) is 19.0. The van der Waals surface area contributed by atoms with Crippen molar-refractivity contribution < 1.29 is 13.2 Å². The molecule has 0 unspecified atom stereocenters. The van der Waals surface area contributed by atoms with E-state index in [1.54, 1.807) is 24.3 Å². The first kappa shape index (κ1) is 20.2. The maximum Gasteiger partial charge on any atom is 0.315 e. The molecule has 0 bridgehead atoms. The van der Waals surface area contributed by atoms with Crippen molar-refractivity contribution in [3.8, 4) is 0 Å². The van der Waals surface area contributed by atoms with Gasteiger partial charge in [0.05, 0.1) is 5.75 Å². The summed E-state index contributed by atoms with van der Waals surface area (Å²) < 4.78 is 25.3. The van der Waals surface area contributed by atoms with Gasteiger partial charge in [0.1, 0.15) is 0 Å². The van der Waals surface area contributed by atoms with E-state index in [2.05, 4.69) is 15.4 Å². The van der Waals surface area contributed by atoms with Crippen LogP contribution >= 0.6 is 11.6 Å². The van der Waals surface area contributed by atoms with Crippen LogP contribution in [0, 0.1) is 0 Å². The van der Waals surface area contributed by atoms with Crippen molar-refractivity contribution in [3.05, 3.63) is 70.2 Å². The highest BCUT2D eigenvalue weighted by Gasteiger charge is 2.08. The molecule has 8 heteroatoms. The second kappa shape index (κ2) is 9.56. The predicted octanol–water partition coefficient (Wildman–Crippen LogP) is 2.43. The minimum Gasteiger partial charge on any atom is -0.338 e. The fourth-order valence-electron chi connectivity index (χ4n) is 2.26. The average Bonchev–Trinajstić information content (AvgIpc) is 2.62. The summed E-state index contributed by atoms with van der Waals surface area (Å²) in [5.41, 5.74) is 2.68. The van der Waals surface area contributed by atoms with E-state index in [1.807, 2.05) is 24.3 Å². The third-order valence-corrected chi connectivity index (χ3v) is 5.34. The summed E-state index contributed by atoms with van der Waals surface area (Å²) in [4.78, 5) is 11.8. The number of halogens is 1. The van der Waals surface area contributed by atoms with Gasteiger partial charge in [0.15, 0.2) is 0 Å². The van der Waals surface area contributed by atoms with Gasteiger partial charge < -0.3 is 10.6 Å². The first-order valence-corrected chi connectivity index (χ1v) is 10.2. The van der Waals surface area contributed by atoms with Gasteiger partial charge in [-0.15, -0.1) is 0 Å². The van der Waals surface area contributed by atoms with Gasteiger partial charge >= 0.3 is 6.03 Å². The molecule has 0 heterocycles. The Morgan fingerprint density at radius 1 is 0.923 bits per heavy atom. The SMILES string of the molecule is CNS(=O)(=O)Cc1ccc(CNC(=O)NCCc2ccc(Cl)cc2)cc1. The summed E-state index contributed by atoms with van der Waals surface area (Å²) in [6, 6.07) is 14.3. The van der Waals surface area contributed by atoms with E-state index in [1.165, 1.54) is 7.05 Å². The van der Waals surface area contributed by atoms with Crippen LogP contribution in [0.25, 0.3) is 0 Å². The molecular formula is C18H22ClN3O3S. The second-order valence-electron chi connectivity index (χ2n) is 5.77. The number of urea groups is 1. The van der Waals surface area contributed by atoms with E-state index in [4.69, 9.17) is 11.6 Å². The summed E-state index contributed by atoms with van der Waals surface area (Å²) >= 11 is 5.83. The summed E-state index contributed by atoms with van der Waals surface area (Å²) in [5.74, 6) is -0.0671. The molecule has 0 aliphatic carbocycles. The van der Waals surface area contributed by atoms with Crippen molar-refractivity contribution in [2.75, 3.05) is 13.6 Å². The summed E-state index contributed by atoms with van der Waals surface area (Å²) in [5, 5.41) is 6.26. The van der Waals surface area contributed by atoms with Gasteiger partial charge in [-0.05, 0) is 42.3 Å². The second-order valence-corrected chi connectivity index (χ2v) is 8.13. The lowest BCUT2D eigenvalue weighted by atomic mass is 10.1. The largest absolute Gasteiger partial charge is 0.338 e. The standard InChI is InChI=1S/C18H22ClN3O3S/c1-20-26(24,25)13-16-4-2-15(3-5-16)12-22-18(23)21-11-10-14-6-8-17(19)9-7-14/h2-9,20H,10-13H2,1H3,(H2,21,22,23). The molecule has 2 amide bonds. The van der Waals surface area contributed by atoms with Crippen LogP contribution in [0.3, 0.4) is 0 Å². The molecule has 6 nitrogen and oxygen atoms in total. The number of carbonyl (C=O) groups is 1. The molecule has 0 radical (unpaired) electrons. The number of hydrogen-bond donors (Lipinski definition) is 3. The molecular weight excluding hydrogens is 374 g/mol. The normalized spacial score (nSPS) is 11.2. The van der Waals surface area contributed by atoms with Crippen LogP contribution in [0.5, 0.6) is 0 Å². The topological polar surface area (TPSA) is 87.3 Å². The molecule has 26 heavy (non-hydrogen) atoms. The van der Waals surface area contributed by atoms with E-state index >= 15 is 0 Å². The van der Waals surface area contributed by atoms with Crippen LogP contribution in [-0.2, 0) is 28.7 Å². The molecule has 3 N–H and O–H groups in total. The van der Waals surface area contributed by atoms with Gasteiger partial charge in [-0.3, -0.25) is 0 Å². The molecule has 2 rings (SSSR count). The third-order valence-electron chi connectivity index (χ3n) is 3.76. The molecule has 0 aliphatic heterocycles. The van der Waals surface area contributed by atoms with Crippen LogP contribution in [0.4, 0.5) is 4.79 Å². The number of sulfonamides is 1. The Morgan fingerprint density at radius 3 is 2.12 bits per heavy atom. The lowest BCUT2D eigenvalue weighted by Gasteiger charge is -2.09. The van der Waals surface area contributed by atoms with Crippen LogP contribution < -0.4 is 15.4 Å². The Morgan fingerprint density at radius 2 is 1.50 bits per heavy atom. The number of benzene rings is 2. The van der Waals surface area contributed by atoms with Crippen LogP contribution in [0.2, 0.25) is 5.02 Å². The summed E-state index contributed by atoms with van der Waals surface area (Å²) in [6.45, 7) is 0.889. The highest BCUT2D eigenvalue weighted by molar-refractivity contribution is 7.88. The van der Waals surface area contributed by atoms with Crippen molar-refractivity contribution in [2.45, 2.75) is 18.7 Å². The van der Waals surface area contributed by atoms with Crippen molar-refractivity contribution in [3.63, 3.8) is 0 Å². The van der Waals surface area contributed by atoms with Crippen molar-refractivity contribution in [2.24, 2.45) is 0 Å². The lowest BCUT2D eigenvalue weighted by Crippen LogP contribution is -2.36. The Kier molecular flexibility index (Phi) is 7.44. The fraction of sp³-hybridized carbons (Fsp3) is 0.278. The van der Waals surface area contributed by atoms with Crippen LogP contribution in [0.1, 0.15) is 16.7 Å². The zero-order valence-corrected chi connectivity index (χ0v) is 16.0. The number of amides is 2. The van der Waals surface area contributed by atoms with Crippen molar-refractivity contribution in [1.29, 1.82) is 0 Å². The lowest BCUT2D eigenvalue weighted by molar-refractivity contribution is 0.240. The van der Waals surface area contributed by atoms with Gasteiger partial charge in [-0.25, -0.2) is 17.9 Å². The first-order valence-electron chi connectivity index (χ1n) is 8.13. The third kappa shape index (κ3) is 7.03. The minimum absolute atomic E-state index is 0.0671. The molecule has 0 aromatic heterocycles. The van der Waals surface area contributed by atoms with E-state index in [0.29, 0.717) is 23.7 Å². The van der Waals surface area contributed by atoms with Crippen molar-refractivity contribution >= 4 is 27.7 Å². The Bertz CT molecular complexity index is 822. The summed E-state index contributed by atoms with van der Waals surface area (Å²) in [7, 11) is -1.90. The van der Waals surface area contributed by atoms with Gasteiger partial charge in [-0.1, -0.05) is 48.0 Å². The average molecular weight is 396 g/mol. The molecule has 0 fully saturated rings. The van der Waals surface area contributed by atoms with E-state index in [-0.39, 0.29) is 11.8 Å². The fourth-order valence-corrected chi connectivity index (χ4v) is 3.16. The van der Waals surface area contributed by atoms with E-state index in [9.17, 15) is 13.2 Å². The number of carbonyl (C=O) groups excluding carboxylic acids is 1. The predicted molar refractivity (Wildman–Crippen MR) is 104 cm³/mol. The quantitative estimate of drug-likeness (QED) is 0.641. The molecule has 2 aromatic carbocycles. The van der Waals surface area contributed by atoms with Crippen molar-refractivity contribution in [1.82, 2.24) is 15.4 Å². The molecule has 0 saturated carbocycles. The van der Waals surface area contributed by atoms with Crippen LogP contribution in [-0.4, -0.2) is 28.0 Å². The van der Waals surface area contributed by atoms with Gasteiger partial charge in [0.25, 0.3) is 0 Å². The Labute approximate surface area is 159 Å². The number of hydrogen-bond acceptors (Lipinski definition) is 3. The van der Waals surface area contributed by atoms with Gasteiger partial charge in [0.2, 0.25) is 10.0 Å². The van der Waals surface area contributed by atoms with Gasteiger partial charge in [-0.2, -0.15) is 0 Å². The number of rotatable bonds is 8. The molecule has 0 aliphatic rings.